The number of rotatable bonds is 0. The second-order valence-electron chi connectivity index (χ2n) is 0.428. The Balaban J connectivity index is -0.00000000800. The Labute approximate surface area is 79.3 Å². The first-order valence-electron chi connectivity index (χ1n) is 0.683. The van der Waals surface area contributed by atoms with Crippen LogP contribution in [0.2, 0.25) is 0 Å². The van der Waals surface area contributed by atoms with Gasteiger partial charge < -0.3 is 26.5 Å². The van der Waals surface area contributed by atoms with Crippen molar-refractivity contribution in [1.82, 2.24) is 0 Å². The maximum absolute atomic E-state index is 8.63. The number of hydrogen-bond donors (Lipinski definition) is 1. The zero-order valence-electron chi connectivity index (χ0n) is 5.08. The van der Waals surface area contributed by atoms with Crippen molar-refractivity contribution in [3.8, 4) is 0 Å². The minimum Gasteiger partial charge on any atom is -0.726 e. The molecule has 9 N–H and O–H groups in total. The topological polar surface area (TPSA) is 203 Å². The Morgan fingerprint density at radius 3 is 1.00 bits per heavy atom. The van der Waals surface area contributed by atoms with Gasteiger partial charge in [-0.05, 0) is 0 Å². The number of hydrogen-bond acceptors (Lipinski definition) is 3. The molecule has 10 heavy (non-hydrogen) atoms. The first-order valence-corrected chi connectivity index (χ1v) is 2.05. The molecule has 0 aliphatic heterocycles. The molecule has 0 amide bonds. The standard InChI is InChI=1S/Na.H2O4S.4H2O/c;1-5(2,3)4;;;;/h;(H2,1,2,3,4);4*1H2/q+1;;;;;/p-1. The largest absolute Gasteiger partial charge is 1.00 e. The molecule has 0 aromatic heterocycles. The average Bonchev–Trinajstić information content (AvgIpc) is 0.722. The van der Waals surface area contributed by atoms with Crippen molar-refractivity contribution in [2.45, 2.75) is 0 Å². The molecule has 0 atom stereocenters. The Bertz CT molecular complexity index is 92.4. The van der Waals surface area contributed by atoms with Gasteiger partial charge in [0.2, 0.25) is 10.4 Å². The molecule has 0 radical (unpaired) electrons. The van der Waals surface area contributed by atoms with Crippen molar-refractivity contribution >= 4 is 10.4 Å². The summed E-state index contributed by atoms with van der Waals surface area (Å²) in [4.78, 5) is 0. The Morgan fingerprint density at radius 1 is 1.00 bits per heavy atom. The Hall–Kier alpha value is 0.710. The minimum absolute atomic E-state index is 0. The maximum Gasteiger partial charge on any atom is 1.00 e. The molecule has 64 valence electrons. The molecular formula is H9NaO8S. The predicted octanol–water partition coefficient (Wildman–Crippen LogP) is -7.29. The molecule has 0 fully saturated rings. The van der Waals surface area contributed by atoms with Gasteiger partial charge in [-0.2, -0.15) is 0 Å². The van der Waals surface area contributed by atoms with E-state index in [1.54, 1.807) is 0 Å². The van der Waals surface area contributed by atoms with Gasteiger partial charge in [0.05, 0.1) is 0 Å². The van der Waals surface area contributed by atoms with Gasteiger partial charge in [-0.15, -0.1) is 0 Å². The quantitative estimate of drug-likeness (QED) is 0.225. The van der Waals surface area contributed by atoms with Crippen molar-refractivity contribution in [3.63, 3.8) is 0 Å². The first-order chi connectivity index (χ1) is 2.00. The van der Waals surface area contributed by atoms with Crippen molar-refractivity contribution in [2.75, 3.05) is 0 Å². The van der Waals surface area contributed by atoms with E-state index < -0.39 is 10.4 Å². The summed E-state index contributed by atoms with van der Waals surface area (Å²) in [5.74, 6) is 0. The molecule has 0 aliphatic carbocycles. The first kappa shape index (κ1) is 45.5. The van der Waals surface area contributed by atoms with Crippen LogP contribution in [0.1, 0.15) is 0 Å². The summed E-state index contributed by atoms with van der Waals surface area (Å²) in [5, 5.41) is 0. The summed E-state index contributed by atoms with van der Waals surface area (Å²) in [6.45, 7) is 0. The van der Waals surface area contributed by atoms with Crippen LogP contribution in [0.3, 0.4) is 0 Å². The molecular weight excluding hydrogens is 183 g/mol. The molecule has 0 heterocycles. The third-order valence-electron chi connectivity index (χ3n) is 0. The van der Waals surface area contributed by atoms with E-state index in [0.29, 0.717) is 0 Å². The third kappa shape index (κ3) is 1030. The SMILES string of the molecule is O.O.O.O.O=S(=O)([O-])O.[Na+]. The van der Waals surface area contributed by atoms with Crippen molar-refractivity contribution in [2.24, 2.45) is 0 Å². The maximum atomic E-state index is 8.63. The van der Waals surface area contributed by atoms with Crippen LogP contribution in [-0.2, 0) is 10.4 Å². The summed E-state index contributed by atoms with van der Waals surface area (Å²) >= 11 is 0. The molecule has 0 bridgehead atoms. The minimum atomic E-state index is -4.92. The van der Waals surface area contributed by atoms with E-state index in [9.17, 15) is 0 Å². The van der Waals surface area contributed by atoms with Crippen molar-refractivity contribution in [3.05, 3.63) is 0 Å². The third-order valence-corrected chi connectivity index (χ3v) is 0. The van der Waals surface area contributed by atoms with E-state index in [1.807, 2.05) is 0 Å². The van der Waals surface area contributed by atoms with Crippen LogP contribution in [0.15, 0.2) is 0 Å². The monoisotopic (exact) mass is 192 g/mol. The normalized spacial score (nSPS) is 5.80. The van der Waals surface area contributed by atoms with Gasteiger partial charge in [0.25, 0.3) is 0 Å². The Kier molecular flexibility index (Phi) is 74.5. The van der Waals surface area contributed by atoms with Crippen LogP contribution in [0.5, 0.6) is 0 Å². The van der Waals surface area contributed by atoms with Gasteiger partial charge in [-0.1, -0.05) is 0 Å². The van der Waals surface area contributed by atoms with E-state index in [-0.39, 0.29) is 51.5 Å². The van der Waals surface area contributed by atoms with Gasteiger partial charge in [0, 0.05) is 0 Å². The smallest absolute Gasteiger partial charge is 0.726 e. The van der Waals surface area contributed by atoms with Crippen LogP contribution in [0.25, 0.3) is 0 Å². The van der Waals surface area contributed by atoms with Gasteiger partial charge in [0.15, 0.2) is 0 Å². The van der Waals surface area contributed by atoms with Crippen LogP contribution in [-0.4, -0.2) is 39.4 Å². The summed E-state index contributed by atoms with van der Waals surface area (Å²) in [7, 11) is -4.92. The van der Waals surface area contributed by atoms with Gasteiger partial charge >= 0.3 is 29.6 Å². The van der Waals surface area contributed by atoms with Crippen LogP contribution < -0.4 is 29.6 Å². The van der Waals surface area contributed by atoms with E-state index in [4.69, 9.17) is 17.5 Å². The average molecular weight is 192 g/mol. The summed E-state index contributed by atoms with van der Waals surface area (Å²) < 4.78 is 32.8. The fourth-order valence-electron chi connectivity index (χ4n) is 0. The molecule has 0 aromatic rings. The van der Waals surface area contributed by atoms with Crippen LogP contribution in [0, 0.1) is 0 Å². The van der Waals surface area contributed by atoms with Gasteiger partial charge in [-0.3, -0.25) is 4.55 Å². The van der Waals surface area contributed by atoms with Gasteiger partial charge in [0.1, 0.15) is 0 Å². The van der Waals surface area contributed by atoms with Crippen LogP contribution in [0.4, 0.5) is 0 Å². The fourth-order valence-corrected chi connectivity index (χ4v) is 0. The fraction of sp³-hybridized carbons (Fsp3) is 0. The van der Waals surface area contributed by atoms with Crippen molar-refractivity contribution in [1.29, 1.82) is 0 Å². The summed E-state index contributed by atoms with van der Waals surface area (Å²) in [6.07, 6.45) is 0. The van der Waals surface area contributed by atoms with E-state index in [0.717, 1.165) is 0 Å². The zero-order valence-corrected chi connectivity index (χ0v) is 7.90. The van der Waals surface area contributed by atoms with E-state index in [2.05, 4.69) is 0 Å². The van der Waals surface area contributed by atoms with E-state index >= 15 is 0 Å². The molecule has 0 aliphatic rings. The van der Waals surface area contributed by atoms with Crippen molar-refractivity contribution < 1.29 is 69.0 Å². The van der Waals surface area contributed by atoms with Crippen LogP contribution >= 0.6 is 0 Å². The zero-order chi connectivity index (χ0) is 4.50. The Morgan fingerprint density at radius 2 is 1.00 bits per heavy atom. The van der Waals surface area contributed by atoms with Gasteiger partial charge in [-0.25, -0.2) is 8.42 Å². The second kappa shape index (κ2) is 16.4. The molecule has 0 saturated carbocycles. The second-order valence-corrected chi connectivity index (χ2v) is 1.28. The molecule has 0 unspecified atom stereocenters. The molecule has 10 heteroatoms. The summed E-state index contributed by atoms with van der Waals surface area (Å²) in [6, 6.07) is 0. The molecule has 8 nitrogen and oxygen atoms in total. The van der Waals surface area contributed by atoms with E-state index in [1.165, 1.54) is 0 Å². The molecule has 0 rings (SSSR count). The molecule has 0 aromatic carbocycles. The molecule has 0 saturated heterocycles. The predicted molar refractivity (Wildman–Crippen MR) is 26.8 cm³/mol. The molecule has 0 spiro atoms. The summed E-state index contributed by atoms with van der Waals surface area (Å²) in [5.41, 5.74) is 0.